The minimum atomic E-state index is -4.57. The summed E-state index contributed by atoms with van der Waals surface area (Å²) < 4.78 is 48.4. The molecule has 0 fully saturated rings. The summed E-state index contributed by atoms with van der Waals surface area (Å²) in [6.07, 6.45) is 1.46. The van der Waals surface area contributed by atoms with Crippen LogP contribution >= 0.6 is 11.6 Å². The molecule has 0 spiro atoms. The van der Waals surface area contributed by atoms with E-state index in [0.29, 0.717) is 10.8 Å². The van der Waals surface area contributed by atoms with E-state index in [0.717, 1.165) is 12.1 Å². The van der Waals surface area contributed by atoms with Crippen molar-refractivity contribution in [3.63, 3.8) is 0 Å². The molecule has 0 aliphatic carbocycles. The highest BCUT2D eigenvalue weighted by Gasteiger charge is 2.26. The van der Waals surface area contributed by atoms with Gasteiger partial charge in [0.15, 0.2) is 0 Å². The average Bonchev–Trinajstić information content (AvgIpc) is 2.75. The number of aromatic nitrogens is 2. The van der Waals surface area contributed by atoms with Crippen LogP contribution in [-0.4, -0.2) is 24.0 Å². The molecule has 0 saturated heterocycles. The second-order valence-corrected chi connectivity index (χ2v) is 5.67. The maximum Gasteiger partial charge on any atom is 0.341 e. The molecule has 8 heteroatoms. The van der Waals surface area contributed by atoms with Gasteiger partial charge in [-0.25, -0.2) is 13.1 Å². The predicted molar refractivity (Wildman–Crippen MR) is 61.8 cm³/mol. The normalized spacial score (nSPS) is 12.0. The minimum absolute atomic E-state index is 0.333. The number of alkyl halides is 2. The van der Waals surface area contributed by atoms with Crippen molar-refractivity contribution in [2.75, 3.05) is 0 Å². The molecule has 4 nitrogen and oxygen atoms in total. The average molecular weight is 293 g/mol. The zero-order valence-corrected chi connectivity index (χ0v) is 10.4. The van der Waals surface area contributed by atoms with Crippen molar-refractivity contribution in [2.24, 2.45) is 0 Å². The Balaban J connectivity index is 2.41. The highest BCUT2D eigenvalue weighted by atomic mass is 35.5. The molecule has 0 aliphatic rings. The number of halogens is 3. The molecule has 0 saturated carbocycles. The Morgan fingerprint density at radius 1 is 1.17 bits per heavy atom. The molecule has 1 heterocycles. The molecule has 0 atom stereocenters. The SMILES string of the molecule is O=S(=O)(c1ccc(-n2nccc2Cl)cc1)C(F)F. The van der Waals surface area contributed by atoms with E-state index in [1.165, 1.54) is 23.0 Å². The van der Waals surface area contributed by atoms with Gasteiger partial charge in [0.05, 0.1) is 16.8 Å². The van der Waals surface area contributed by atoms with Gasteiger partial charge in [-0.05, 0) is 30.3 Å². The highest BCUT2D eigenvalue weighted by Crippen LogP contribution is 2.21. The fourth-order valence-electron chi connectivity index (χ4n) is 1.36. The third-order valence-corrected chi connectivity index (χ3v) is 3.93. The Hall–Kier alpha value is -1.47. The van der Waals surface area contributed by atoms with Crippen LogP contribution in [0.2, 0.25) is 5.15 Å². The van der Waals surface area contributed by atoms with Gasteiger partial charge < -0.3 is 0 Å². The number of sulfone groups is 1. The molecular formula is C10H7ClF2N2O2S. The smallest absolute Gasteiger partial charge is 0.222 e. The molecular weight excluding hydrogens is 286 g/mol. The van der Waals surface area contributed by atoms with Crippen LogP contribution in [0.5, 0.6) is 0 Å². The zero-order valence-electron chi connectivity index (χ0n) is 8.79. The van der Waals surface area contributed by atoms with E-state index >= 15 is 0 Å². The zero-order chi connectivity index (χ0) is 13.3. The van der Waals surface area contributed by atoms with E-state index in [1.54, 1.807) is 6.07 Å². The maximum atomic E-state index is 12.3. The molecule has 0 radical (unpaired) electrons. The summed E-state index contributed by atoms with van der Waals surface area (Å²) in [5, 5.41) is 4.23. The standard InChI is InChI=1S/C10H7ClF2N2O2S/c11-9-5-6-14-15(9)7-1-3-8(4-2-7)18(16,17)10(12)13/h1-6,10H. The third-order valence-electron chi connectivity index (χ3n) is 2.24. The molecule has 96 valence electrons. The van der Waals surface area contributed by atoms with Crippen molar-refractivity contribution in [2.45, 2.75) is 10.7 Å². The summed E-state index contributed by atoms with van der Waals surface area (Å²) >= 11 is 5.82. The molecule has 2 rings (SSSR count). The van der Waals surface area contributed by atoms with Gasteiger partial charge in [0.25, 0.3) is 0 Å². The van der Waals surface area contributed by atoms with Crippen LogP contribution in [-0.2, 0) is 9.84 Å². The lowest BCUT2D eigenvalue weighted by Crippen LogP contribution is -2.11. The first kappa shape index (κ1) is 13.0. The molecule has 1 aromatic carbocycles. The molecule has 0 bridgehead atoms. The van der Waals surface area contributed by atoms with Gasteiger partial charge in [-0.2, -0.15) is 13.9 Å². The summed E-state index contributed by atoms with van der Waals surface area (Å²) in [5.41, 5.74) is 0.484. The third kappa shape index (κ3) is 2.23. The van der Waals surface area contributed by atoms with E-state index in [1.807, 2.05) is 0 Å². The Labute approximate surface area is 107 Å². The molecule has 0 aliphatic heterocycles. The van der Waals surface area contributed by atoms with E-state index in [2.05, 4.69) is 5.10 Å². The Kier molecular flexibility index (Phi) is 3.36. The summed E-state index contributed by atoms with van der Waals surface area (Å²) in [7, 11) is -4.57. The Bertz CT molecular complexity index is 653. The number of hydrogen-bond donors (Lipinski definition) is 0. The van der Waals surface area contributed by atoms with Crippen molar-refractivity contribution >= 4 is 21.4 Å². The van der Waals surface area contributed by atoms with Crippen molar-refractivity contribution in [3.8, 4) is 5.69 Å². The fourth-order valence-corrected chi connectivity index (χ4v) is 2.28. The van der Waals surface area contributed by atoms with Gasteiger partial charge in [0.2, 0.25) is 9.84 Å². The lowest BCUT2D eigenvalue weighted by Gasteiger charge is -2.05. The minimum Gasteiger partial charge on any atom is -0.222 e. The second-order valence-electron chi connectivity index (χ2n) is 3.37. The quantitative estimate of drug-likeness (QED) is 0.873. The van der Waals surface area contributed by atoms with E-state index in [9.17, 15) is 17.2 Å². The summed E-state index contributed by atoms with van der Waals surface area (Å²) in [5.74, 6) is -3.43. The Morgan fingerprint density at radius 3 is 2.22 bits per heavy atom. The molecule has 0 N–H and O–H groups in total. The van der Waals surface area contributed by atoms with Gasteiger partial charge in [-0.15, -0.1) is 0 Å². The first-order valence-corrected chi connectivity index (χ1v) is 6.67. The number of benzene rings is 1. The summed E-state index contributed by atoms with van der Waals surface area (Å²) in [4.78, 5) is -0.440. The number of hydrogen-bond acceptors (Lipinski definition) is 3. The number of nitrogens with zero attached hydrogens (tertiary/aromatic N) is 2. The molecule has 0 unspecified atom stereocenters. The summed E-state index contributed by atoms with van der Waals surface area (Å²) in [6.45, 7) is 0. The van der Waals surface area contributed by atoms with Gasteiger partial charge in [0, 0.05) is 0 Å². The molecule has 18 heavy (non-hydrogen) atoms. The lowest BCUT2D eigenvalue weighted by atomic mass is 10.3. The van der Waals surface area contributed by atoms with Crippen LogP contribution in [0.15, 0.2) is 41.4 Å². The van der Waals surface area contributed by atoms with Gasteiger partial charge in [-0.3, -0.25) is 0 Å². The van der Waals surface area contributed by atoms with Crippen LogP contribution in [0.3, 0.4) is 0 Å². The maximum absolute atomic E-state index is 12.3. The van der Waals surface area contributed by atoms with Crippen LogP contribution in [0, 0.1) is 0 Å². The van der Waals surface area contributed by atoms with Gasteiger partial charge >= 0.3 is 5.76 Å². The summed E-state index contributed by atoms with van der Waals surface area (Å²) in [6, 6.07) is 6.44. The first-order chi connectivity index (χ1) is 8.43. The highest BCUT2D eigenvalue weighted by molar-refractivity contribution is 7.91. The molecule has 2 aromatic rings. The van der Waals surface area contributed by atoms with E-state index < -0.39 is 20.5 Å². The van der Waals surface area contributed by atoms with Gasteiger partial charge in [-0.1, -0.05) is 11.6 Å². The van der Waals surface area contributed by atoms with Crippen LogP contribution < -0.4 is 0 Å². The molecule has 0 amide bonds. The Morgan fingerprint density at radius 2 is 1.78 bits per heavy atom. The molecule has 1 aromatic heterocycles. The van der Waals surface area contributed by atoms with Crippen LogP contribution in [0.4, 0.5) is 8.78 Å². The first-order valence-electron chi connectivity index (χ1n) is 4.75. The lowest BCUT2D eigenvalue weighted by molar-refractivity contribution is 0.234. The fraction of sp³-hybridized carbons (Fsp3) is 0.100. The monoisotopic (exact) mass is 292 g/mol. The van der Waals surface area contributed by atoms with E-state index in [-0.39, 0.29) is 0 Å². The van der Waals surface area contributed by atoms with Crippen molar-refractivity contribution < 1.29 is 17.2 Å². The number of rotatable bonds is 3. The van der Waals surface area contributed by atoms with Crippen molar-refractivity contribution in [1.29, 1.82) is 0 Å². The van der Waals surface area contributed by atoms with Crippen LogP contribution in [0.25, 0.3) is 5.69 Å². The topological polar surface area (TPSA) is 52.0 Å². The van der Waals surface area contributed by atoms with Crippen molar-refractivity contribution in [1.82, 2.24) is 9.78 Å². The largest absolute Gasteiger partial charge is 0.341 e. The van der Waals surface area contributed by atoms with Crippen molar-refractivity contribution in [3.05, 3.63) is 41.7 Å². The predicted octanol–water partition coefficient (Wildman–Crippen LogP) is 2.52. The van der Waals surface area contributed by atoms with Crippen LogP contribution in [0.1, 0.15) is 0 Å². The van der Waals surface area contributed by atoms with E-state index in [4.69, 9.17) is 11.6 Å². The second kappa shape index (κ2) is 4.66. The van der Waals surface area contributed by atoms with Gasteiger partial charge in [0.1, 0.15) is 5.15 Å².